The molecule has 94 valence electrons. The Morgan fingerprint density at radius 3 is 2.35 bits per heavy atom. The van der Waals surface area contributed by atoms with Crippen LogP contribution in [0.5, 0.6) is 0 Å². The van der Waals surface area contributed by atoms with E-state index in [-0.39, 0.29) is 26.9 Å². The van der Waals surface area contributed by atoms with Crippen molar-refractivity contribution in [3.63, 3.8) is 0 Å². The maximum absolute atomic E-state index is 11.1. The van der Waals surface area contributed by atoms with Gasteiger partial charge in [-0.1, -0.05) is 30.1 Å². The van der Waals surface area contributed by atoms with E-state index < -0.39 is 21.1 Å². The Morgan fingerprint density at radius 2 is 2.00 bits per heavy atom. The van der Waals surface area contributed by atoms with Crippen molar-refractivity contribution in [3.8, 4) is 0 Å². The molecule has 0 amide bonds. The number of hydrogen-bond donors (Lipinski definition) is 1. The molecule has 1 unspecified atom stereocenters. The average Bonchev–Trinajstić information content (AvgIpc) is 2.25. The maximum atomic E-state index is 11.1. The molecule has 0 bridgehead atoms. The lowest BCUT2D eigenvalue weighted by molar-refractivity contribution is -0.132. The Morgan fingerprint density at radius 1 is 1.47 bits per heavy atom. The molecule has 0 aromatic heterocycles. The molecule has 4 nitrogen and oxygen atoms in total. The number of aliphatic carboxylic acids is 1. The fourth-order valence-electron chi connectivity index (χ4n) is 1.37. The van der Waals surface area contributed by atoms with Crippen LogP contribution in [0.15, 0.2) is 21.7 Å². The molecule has 1 aliphatic rings. The second kappa shape index (κ2) is 5.02. The molecule has 0 aliphatic heterocycles. The normalized spacial score (nSPS) is 24.7. The van der Waals surface area contributed by atoms with Gasteiger partial charge in [-0.2, -0.15) is 8.42 Å². The second-order valence-corrected chi connectivity index (χ2v) is 5.56. The van der Waals surface area contributed by atoms with Crippen molar-refractivity contribution < 1.29 is 18.3 Å². The number of carbonyl (C=O) groups is 1. The Bertz CT molecular complexity index is 565. The van der Waals surface area contributed by atoms with E-state index in [0.717, 1.165) is 6.08 Å². The average molecular weight is 318 g/mol. The minimum atomic E-state index is -2.68. The summed E-state index contributed by atoms with van der Waals surface area (Å²) >= 11 is 17.7. The van der Waals surface area contributed by atoms with E-state index in [1.54, 1.807) is 6.92 Å². The first kappa shape index (κ1) is 14.6. The topological polar surface area (TPSA) is 71.4 Å². The van der Waals surface area contributed by atoms with Crippen LogP contribution in [0.3, 0.4) is 0 Å². The summed E-state index contributed by atoms with van der Waals surface area (Å²) in [5.74, 6) is -1.37. The molecule has 1 rings (SSSR count). The van der Waals surface area contributed by atoms with E-state index in [9.17, 15) is 13.2 Å². The predicted molar refractivity (Wildman–Crippen MR) is 67.3 cm³/mol. The van der Waals surface area contributed by atoms with Gasteiger partial charge in [-0.15, -0.1) is 11.6 Å². The van der Waals surface area contributed by atoms with Gasteiger partial charge in [-0.05, 0) is 12.5 Å². The van der Waals surface area contributed by atoms with Crippen LogP contribution < -0.4 is 0 Å². The number of allylic oxidation sites excluding steroid dienone is 2. The summed E-state index contributed by atoms with van der Waals surface area (Å²) < 4.78 is 22.1. The highest BCUT2D eigenvalue weighted by Gasteiger charge is 2.42. The molecule has 1 N–H and O–H groups in total. The minimum Gasteiger partial charge on any atom is -0.478 e. The number of carboxylic acids is 1. The fourth-order valence-corrected chi connectivity index (χ4v) is 3.18. The highest BCUT2D eigenvalue weighted by Crippen LogP contribution is 2.42. The standard InChI is InChI=1S/C9H7Cl3O4S/c1-2-9(12)5(17(15)16)3-4(8(13)14)6(10)7(9)11/h3H,2H2,1H3,(H,13,14). The SMILES string of the molecule is CCC1(Cl)C(Cl)=C(Cl)C(C(=O)O)=CC1=S(=O)=O. The van der Waals surface area contributed by atoms with Crippen molar-refractivity contribution in [3.05, 3.63) is 21.7 Å². The van der Waals surface area contributed by atoms with Crippen molar-refractivity contribution in [2.24, 2.45) is 0 Å². The number of alkyl halides is 1. The van der Waals surface area contributed by atoms with Gasteiger partial charge in [0.2, 0.25) is 10.3 Å². The van der Waals surface area contributed by atoms with Crippen LogP contribution in [0, 0.1) is 0 Å². The molecule has 1 aliphatic carbocycles. The Hall–Kier alpha value is -0.490. The molecule has 0 saturated heterocycles. The monoisotopic (exact) mass is 316 g/mol. The lowest BCUT2D eigenvalue weighted by Gasteiger charge is -2.28. The van der Waals surface area contributed by atoms with Gasteiger partial charge >= 0.3 is 5.97 Å². The highest BCUT2D eigenvalue weighted by molar-refractivity contribution is 7.73. The molecule has 1 atom stereocenters. The summed E-state index contributed by atoms with van der Waals surface area (Å²) in [7, 11) is -2.68. The van der Waals surface area contributed by atoms with Crippen LogP contribution in [0.25, 0.3) is 0 Å². The van der Waals surface area contributed by atoms with Crippen LogP contribution in [0.4, 0.5) is 0 Å². The van der Waals surface area contributed by atoms with Gasteiger partial charge in [0.05, 0.1) is 20.5 Å². The number of rotatable bonds is 2. The van der Waals surface area contributed by atoms with Gasteiger partial charge in [-0.25, -0.2) is 4.79 Å². The summed E-state index contributed by atoms with van der Waals surface area (Å²) in [6, 6.07) is 0. The molecule has 0 aromatic rings. The van der Waals surface area contributed by atoms with Gasteiger partial charge in [0.25, 0.3) is 0 Å². The first-order valence-electron chi connectivity index (χ1n) is 4.42. The molecule has 0 fully saturated rings. The lowest BCUT2D eigenvalue weighted by Crippen LogP contribution is -2.36. The van der Waals surface area contributed by atoms with E-state index in [2.05, 4.69) is 0 Å². The van der Waals surface area contributed by atoms with Crippen molar-refractivity contribution in [2.75, 3.05) is 0 Å². The molecule has 0 radical (unpaired) electrons. The minimum absolute atomic E-state index is 0.163. The lowest BCUT2D eigenvalue weighted by atomic mass is 9.92. The number of carboxylic acid groups (broad SMARTS) is 1. The molecule has 0 spiro atoms. The molecule has 0 aromatic carbocycles. The van der Waals surface area contributed by atoms with E-state index >= 15 is 0 Å². The third-order valence-electron chi connectivity index (χ3n) is 2.34. The Labute approximate surface area is 114 Å². The quantitative estimate of drug-likeness (QED) is 0.625. The van der Waals surface area contributed by atoms with Crippen LogP contribution in [0.1, 0.15) is 13.3 Å². The van der Waals surface area contributed by atoms with Crippen LogP contribution in [-0.2, 0) is 15.1 Å². The fraction of sp³-hybridized carbons (Fsp3) is 0.333. The van der Waals surface area contributed by atoms with Gasteiger partial charge in [0.1, 0.15) is 4.87 Å². The van der Waals surface area contributed by atoms with Gasteiger partial charge in [0.15, 0.2) is 0 Å². The molecular formula is C9H7Cl3O4S. The molecule has 8 heteroatoms. The first-order valence-corrected chi connectivity index (χ1v) is 6.63. The third kappa shape index (κ3) is 2.38. The van der Waals surface area contributed by atoms with Crippen LogP contribution in [0.2, 0.25) is 0 Å². The largest absolute Gasteiger partial charge is 0.478 e. The van der Waals surface area contributed by atoms with Gasteiger partial charge in [0, 0.05) is 0 Å². The number of halogens is 3. The summed E-state index contributed by atoms with van der Waals surface area (Å²) in [6.45, 7) is 1.62. The summed E-state index contributed by atoms with van der Waals surface area (Å²) in [5, 5.41) is 8.43. The zero-order valence-corrected chi connectivity index (χ0v) is 11.6. The molecular weight excluding hydrogens is 311 g/mol. The smallest absolute Gasteiger partial charge is 0.337 e. The first-order chi connectivity index (χ1) is 7.75. The van der Waals surface area contributed by atoms with Gasteiger partial charge in [-0.3, -0.25) is 0 Å². The molecule has 0 saturated carbocycles. The van der Waals surface area contributed by atoms with Crippen molar-refractivity contribution in [1.82, 2.24) is 0 Å². The maximum Gasteiger partial charge on any atom is 0.337 e. The van der Waals surface area contributed by atoms with E-state index in [0.29, 0.717) is 0 Å². The number of hydrogen-bond acceptors (Lipinski definition) is 3. The predicted octanol–water partition coefficient (Wildman–Crippen LogP) is 2.14. The van der Waals surface area contributed by atoms with E-state index in [1.807, 2.05) is 0 Å². The van der Waals surface area contributed by atoms with Crippen molar-refractivity contribution >= 4 is 55.9 Å². The summed E-state index contributed by atoms with van der Waals surface area (Å²) in [5.41, 5.74) is -0.388. The van der Waals surface area contributed by atoms with E-state index in [1.165, 1.54) is 0 Å². The zero-order chi connectivity index (χ0) is 13.4. The van der Waals surface area contributed by atoms with Crippen LogP contribution in [-0.4, -0.2) is 29.2 Å². The summed E-state index contributed by atoms with van der Waals surface area (Å²) in [4.78, 5) is 9.08. The van der Waals surface area contributed by atoms with Gasteiger partial charge < -0.3 is 5.11 Å². The summed E-state index contributed by atoms with van der Waals surface area (Å²) in [6.07, 6.45) is 1.09. The zero-order valence-electron chi connectivity index (χ0n) is 8.50. The van der Waals surface area contributed by atoms with Crippen molar-refractivity contribution in [2.45, 2.75) is 18.2 Å². The Kier molecular flexibility index (Phi) is 4.30. The van der Waals surface area contributed by atoms with Crippen molar-refractivity contribution in [1.29, 1.82) is 0 Å². The van der Waals surface area contributed by atoms with Crippen LogP contribution >= 0.6 is 34.8 Å². The van der Waals surface area contributed by atoms with E-state index in [4.69, 9.17) is 39.9 Å². The highest BCUT2D eigenvalue weighted by atomic mass is 35.5. The molecule has 17 heavy (non-hydrogen) atoms. The Balaban J connectivity index is 3.67. The third-order valence-corrected chi connectivity index (χ3v) is 5.04. The second-order valence-electron chi connectivity index (χ2n) is 3.24. The molecule has 0 heterocycles.